The van der Waals surface area contributed by atoms with Crippen molar-refractivity contribution in [3.05, 3.63) is 71.9 Å². The van der Waals surface area contributed by atoms with Crippen LogP contribution in [0.4, 0.5) is 4.79 Å². The first-order valence-corrected chi connectivity index (χ1v) is 16.4. The van der Waals surface area contributed by atoms with Gasteiger partial charge >= 0.3 is 6.03 Å². The Kier molecular flexibility index (Phi) is 15.0. The van der Waals surface area contributed by atoms with Crippen molar-refractivity contribution >= 4 is 46.5 Å². The van der Waals surface area contributed by atoms with Crippen molar-refractivity contribution < 1.29 is 24.0 Å². The van der Waals surface area contributed by atoms with Crippen LogP contribution in [0.25, 0.3) is 10.9 Å². The van der Waals surface area contributed by atoms with E-state index < -0.39 is 53.8 Å². The smallest absolute Gasteiger partial charge is 0.334 e. The highest BCUT2D eigenvalue weighted by atomic mass is 16.2. The molecule has 4 atom stereocenters. The Morgan fingerprint density at radius 1 is 0.800 bits per heavy atom. The van der Waals surface area contributed by atoms with Gasteiger partial charge in [-0.15, -0.1) is 0 Å². The number of nitrogens with two attached hydrogens (primary N) is 3. The number of carbonyl (C=O) groups excluding carboxylic acids is 5. The van der Waals surface area contributed by atoms with Crippen LogP contribution in [0.5, 0.6) is 0 Å². The molecule has 0 unspecified atom stereocenters. The number of amides is 6. The van der Waals surface area contributed by atoms with Crippen molar-refractivity contribution in [2.24, 2.45) is 28.1 Å². The van der Waals surface area contributed by atoms with Crippen LogP contribution in [0.1, 0.15) is 44.2 Å². The van der Waals surface area contributed by atoms with Gasteiger partial charge in [0.2, 0.25) is 17.7 Å². The monoisotopic (exact) mass is 691 g/mol. The molecule has 1 aromatic heterocycles. The lowest BCUT2D eigenvalue weighted by atomic mass is 10.0. The number of urea groups is 1. The Morgan fingerprint density at radius 2 is 1.46 bits per heavy atom. The molecule has 13 N–H and O–H groups in total. The van der Waals surface area contributed by atoms with Gasteiger partial charge in [-0.2, -0.15) is 0 Å². The van der Waals surface area contributed by atoms with Crippen LogP contribution in [0.2, 0.25) is 0 Å². The number of fused-ring (bicyclic) bond motifs is 1. The number of hydrogen-bond donors (Lipinski definition) is 10. The van der Waals surface area contributed by atoms with Crippen molar-refractivity contribution in [2.75, 3.05) is 13.6 Å². The van der Waals surface area contributed by atoms with E-state index >= 15 is 0 Å². The summed E-state index contributed by atoms with van der Waals surface area (Å²) < 4.78 is 0. The summed E-state index contributed by atoms with van der Waals surface area (Å²) in [7, 11) is 1.53. The zero-order valence-electron chi connectivity index (χ0n) is 28.6. The van der Waals surface area contributed by atoms with Crippen LogP contribution in [-0.2, 0) is 32.0 Å². The fourth-order valence-corrected chi connectivity index (χ4v) is 5.23. The number of benzene rings is 2. The van der Waals surface area contributed by atoms with E-state index in [-0.39, 0.29) is 37.6 Å². The first kappa shape index (κ1) is 38.8. The lowest BCUT2D eigenvalue weighted by molar-refractivity contribution is -0.132. The second-order valence-electron chi connectivity index (χ2n) is 12.3. The number of carbonyl (C=O) groups is 5. The molecule has 6 amide bonds. The number of nitrogens with one attached hydrogen (secondary N) is 7. The summed E-state index contributed by atoms with van der Waals surface area (Å²) in [5.74, 6) is -2.47. The van der Waals surface area contributed by atoms with Gasteiger partial charge in [0.25, 0.3) is 5.91 Å². The van der Waals surface area contributed by atoms with Gasteiger partial charge in [0.15, 0.2) is 5.96 Å². The maximum Gasteiger partial charge on any atom is 0.334 e. The number of hydrogen-bond acceptors (Lipinski definition) is 7. The molecule has 50 heavy (non-hydrogen) atoms. The highest BCUT2D eigenvalue weighted by molar-refractivity contribution is 5.94. The van der Waals surface area contributed by atoms with Crippen molar-refractivity contribution in [3.63, 3.8) is 0 Å². The first-order valence-electron chi connectivity index (χ1n) is 16.4. The molecule has 16 nitrogen and oxygen atoms in total. The summed E-state index contributed by atoms with van der Waals surface area (Å²) in [5, 5.41) is 11.8. The van der Waals surface area contributed by atoms with Crippen LogP contribution in [0.15, 0.2) is 65.8 Å². The minimum absolute atomic E-state index is 0.0388. The minimum Gasteiger partial charge on any atom is -0.370 e. The molecule has 1 heterocycles. The summed E-state index contributed by atoms with van der Waals surface area (Å²) in [4.78, 5) is 72.0. The molecule has 0 spiro atoms. The van der Waals surface area contributed by atoms with E-state index in [0.29, 0.717) is 13.0 Å². The van der Waals surface area contributed by atoms with Crippen LogP contribution in [0.3, 0.4) is 0 Å². The number of para-hydroxylation sites is 1. The quantitative estimate of drug-likeness (QED) is 0.0391. The Morgan fingerprint density at radius 3 is 2.14 bits per heavy atom. The molecule has 0 saturated carbocycles. The van der Waals surface area contributed by atoms with Crippen molar-refractivity contribution in [1.29, 1.82) is 0 Å². The SMILES string of the molecule is CN=C(N)NCCC[C@H](NC(=O)[C@H](CC(C)C)NC(=O)NNC(=O)[C@@H](N)Cc1ccccc1)C(=O)N[C@@H](Cc1c[nH]c2ccccc12)C(N)=O. The number of guanidine groups is 1. The average Bonchev–Trinajstić information content (AvgIpc) is 3.50. The maximum absolute atomic E-state index is 13.6. The van der Waals surface area contributed by atoms with Gasteiger partial charge in [0, 0.05) is 37.1 Å². The average molecular weight is 692 g/mol. The summed E-state index contributed by atoms with van der Waals surface area (Å²) in [6.45, 7) is 4.07. The van der Waals surface area contributed by atoms with Gasteiger partial charge in [0.05, 0.1) is 6.04 Å². The predicted molar refractivity (Wildman–Crippen MR) is 191 cm³/mol. The molecule has 0 saturated heterocycles. The standard InChI is InChI=1S/C34H49N11O5/c1-20(2)16-28(43-34(50)45-44-30(47)24(35)17-21-10-5-4-6-11-21)32(49)41-26(14-9-15-39-33(37)38-3)31(48)42-27(29(36)46)18-22-19-40-25-13-8-7-12-23(22)25/h4-8,10-13,19-20,24,26-28,40H,9,14-18,35H2,1-3H3,(H2,36,46)(H,41,49)(H,42,48)(H,44,47)(H3,37,38,39)(H2,43,45,50)/t24-,26-,27-,28-/m0/s1. The lowest BCUT2D eigenvalue weighted by Gasteiger charge is -2.26. The van der Waals surface area contributed by atoms with E-state index in [1.165, 1.54) is 7.05 Å². The zero-order valence-corrected chi connectivity index (χ0v) is 28.6. The third-order valence-corrected chi connectivity index (χ3v) is 7.87. The third-order valence-electron chi connectivity index (χ3n) is 7.87. The Bertz CT molecular complexity index is 1630. The van der Waals surface area contributed by atoms with E-state index in [2.05, 4.69) is 42.1 Å². The zero-order chi connectivity index (χ0) is 36.6. The van der Waals surface area contributed by atoms with Crippen LogP contribution in [-0.4, -0.2) is 78.4 Å². The summed E-state index contributed by atoms with van der Waals surface area (Å²) in [6, 6.07) is 11.7. The van der Waals surface area contributed by atoms with E-state index in [1.807, 2.05) is 68.4 Å². The van der Waals surface area contributed by atoms with Crippen molar-refractivity contribution in [2.45, 2.75) is 70.1 Å². The fraction of sp³-hybridized carbons (Fsp3) is 0.412. The van der Waals surface area contributed by atoms with Crippen LogP contribution < -0.4 is 49.3 Å². The molecule has 3 aromatic rings. The van der Waals surface area contributed by atoms with Crippen LogP contribution >= 0.6 is 0 Å². The molecule has 0 aliphatic rings. The normalized spacial score (nSPS) is 13.8. The summed E-state index contributed by atoms with van der Waals surface area (Å²) in [6.07, 6.45) is 2.87. The number of aliphatic imine (C=N–C) groups is 1. The number of hydrazine groups is 1. The minimum atomic E-state index is -1.11. The molecule has 0 aliphatic heterocycles. The second kappa shape index (κ2) is 19.4. The Balaban J connectivity index is 1.68. The lowest BCUT2D eigenvalue weighted by Crippen LogP contribution is -2.59. The maximum atomic E-state index is 13.6. The van der Waals surface area contributed by atoms with E-state index in [1.54, 1.807) is 6.20 Å². The third kappa shape index (κ3) is 12.4. The Hall–Kier alpha value is -5.64. The number of aromatic amines is 1. The highest BCUT2D eigenvalue weighted by Crippen LogP contribution is 2.19. The number of primary amides is 1. The van der Waals surface area contributed by atoms with Crippen LogP contribution in [0, 0.1) is 5.92 Å². The van der Waals surface area contributed by atoms with Gasteiger partial charge in [-0.05, 0) is 48.8 Å². The Labute approximate surface area is 291 Å². The van der Waals surface area contributed by atoms with E-state index in [4.69, 9.17) is 17.2 Å². The summed E-state index contributed by atoms with van der Waals surface area (Å²) in [5.41, 5.74) is 24.4. The molecule has 3 rings (SSSR count). The second-order valence-corrected chi connectivity index (χ2v) is 12.3. The molecule has 2 aromatic carbocycles. The number of nitrogens with zero attached hydrogens (tertiary/aromatic N) is 1. The predicted octanol–water partition coefficient (Wildman–Crippen LogP) is -0.205. The van der Waals surface area contributed by atoms with Gasteiger partial charge < -0.3 is 43.5 Å². The number of H-pyrrole nitrogens is 1. The number of rotatable bonds is 17. The molecule has 0 radical (unpaired) electrons. The van der Waals surface area contributed by atoms with Gasteiger partial charge in [0.1, 0.15) is 18.1 Å². The molecule has 0 aliphatic carbocycles. The van der Waals surface area contributed by atoms with Gasteiger partial charge in [-0.1, -0.05) is 62.4 Å². The highest BCUT2D eigenvalue weighted by Gasteiger charge is 2.30. The fourth-order valence-electron chi connectivity index (χ4n) is 5.23. The molecular weight excluding hydrogens is 642 g/mol. The first-order chi connectivity index (χ1) is 23.9. The molecule has 0 fully saturated rings. The van der Waals surface area contributed by atoms with Crippen molar-refractivity contribution in [3.8, 4) is 0 Å². The molecule has 16 heteroatoms. The topological polar surface area (TPSA) is 264 Å². The van der Waals surface area contributed by atoms with Crippen molar-refractivity contribution in [1.82, 2.24) is 37.1 Å². The number of aromatic nitrogens is 1. The molecule has 0 bridgehead atoms. The molecule has 270 valence electrons. The van der Waals surface area contributed by atoms with Gasteiger partial charge in [-0.3, -0.25) is 29.6 Å². The van der Waals surface area contributed by atoms with E-state index in [0.717, 1.165) is 22.0 Å². The largest absolute Gasteiger partial charge is 0.370 e. The van der Waals surface area contributed by atoms with E-state index in [9.17, 15) is 24.0 Å². The van der Waals surface area contributed by atoms with Gasteiger partial charge in [-0.25, -0.2) is 10.2 Å². The summed E-state index contributed by atoms with van der Waals surface area (Å²) >= 11 is 0. The molecular formula is C34H49N11O5.